The molecule has 7 nitrogen and oxygen atoms in total. The summed E-state index contributed by atoms with van der Waals surface area (Å²) in [6.07, 6.45) is 3.20. The molecule has 0 spiro atoms. The van der Waals surface area contributed by atoms with Gasteiger partial charge in [0.25, 0.3) is 0 Å². The number of aryl methyl sites for hydroxylation is 2. The highest BCUT2D eigenvalue weighted by Crippen LogP contribution is 2.17. The molecule has 0 bridgehead atoms. The van der Waals surface area contributed by atoms with E-state index >= 15 is 0 Å². The Bertz CT molecular complexity index is 857. The van der Waals surface area contributed by atoms with Crippen molar-refractivity contribution in [3.63, 3.8) is 0 Å². The number of amides is 2. The maximum Gasteiger partial charge on any atom is 0.320 e. The third-order valence-corrected chi connectivity index (χ3v) is 5.15. The van der Waals surface area contributed by atoms with Crippen molar-refractivity contribution in [3.8, 4) is 0 Å². The largest absolute Gasteiger partial charge is 0.331 e. The first-order valence-corrected chi connectivity index (χ1v) is 10.5. The fourth-order valence-electron chi connectivity index (χ4n) is 2.56. The fourth-order valence-corrected chi connectivity index (χ4v) is 3.19. The van der Waals surface area contributed by atoms with Gasteiger partial charge in [0.1, 0.15) is 5.82 Å². The SMILES string of the molecule is CCCCn1nc(C)cc1NC(=O)N[C@H](C)c1ccc(S(C)(=O)=O)cc1. The summed E-state index contributed by atoms with van der Waals surface area (Å²) >= 11 is 0. The zero-order valence-corrected chi connectivity index (χ0v) is 16.4. The molecule has 0 radical (unpaired) electrons. The van der Waals surface area contributed by atoms with E-state index in [2.05, 4.69) is 22.7 Å². The monoisotopic (exact) mass is 378 g/mol. The number of carbonyl (C=O) groups excluding carboxylic acids is 1. The van der Waals surface area contributed by atoms with Gasteiger partial charge in [-0.2, -0.15) is 5.10 Å². The Kier molecular flexibility index (Phi) is 6.42. The third-order valence-electron chi connectivity index (χ3n) is 4.02. The molecular weight excluding hydrogens is 352 g/mol. The number of nitrogens with one attached hydrogen (secondary N) is 2. The van der Waals surface area contributed by atoms with E-state index in [0.717, 1.165) is 30.6 Å². The lowest BCUT2D eigenvalue weighted by Gasteiger charge is -2.16. The molecule has 0 fully saturated rings. The first-order valence-electron chi connectivity index (χ1n) is 8.62. The van der Waals surface area contributed by atoms with E-state index in [1.807, 2.05) is 19.9 Å². The van der Waals surface area contributed by atoms with E-state index in [1.54, 1.807) is 28.9 Å². The summed E-state index contributed by atoms with van der Waals surface area (Å²) in [7, 11) is -3.23. The van der Waals surface area contributed by atoms with E-state index in [1.165, 1.54) is 6.26 Å². The summed E-state index contributed by atoms with van der Waals surface area (Å²) in [4.78, 5) is 12.6. The number of urea groups is 1. The van der Waals surface area contributed by atoms with Crippen LogP contribution >= 0.6 is 0 Å². The minimum absolute atomic E-state index is 0.258. The zero-order chi connectivity index (χ0) is 19.3. The Morgan fingerprint density at radius 1 is 1.27 bits per heavy atom. The van der Waals surface area contributed by atoms with Crippen LogP contribution in [0, 0.1) is 6.92 Å². The van der Waals surface area contributed by atoms with Crippen LogP contribution in [0.1, 0.15) is 44.0 Å². The number of carbonyl (C=O) groups is 1. The van der Waals surface area contributed by atoms with Crippen LogP contribution in [0.2, 0.25) is 0 Å². The van der Waals surface area contributed by atoms with E-state index in [4.69, 9.17) is 0 Å². The van der Waals surface area contributed by atoms with Crippen molar-refractivity contribution >= 4 is 21.7 Å². The lowest BCUT2D eigenvalue weighted by molar-refractivity contribution is 0.249. The van der Waals surface area contributed by atoms with Crippen LogP contribution < -0.4 is 10.6 Å². The third kappa shape index (κ3) is 5.32. The number of nitrogens with zero attached hydrogens (tertiary/aromatic N) is 2. The van der Waals surface area contributed by atoms with Gasteiger partial charge in [-0.3, -0.25) is 5.32 Å². The molecule has 0 aliphatic heterocycles. The van der Waals surface area contributed by atoms with Gasteiger partial charge in [0, 0.05) is 18.9 Å². The Labute approximate surface area is 154 Å². The number of anilines is 1. The van der Waals surface area contributed by atoms with Crippen LogP contribution in [0.3, 0.4) is 0 Å². The molecule has 26 heavy (non-hydrogen) atoms. The molecule has 1 aromatic carbocycles. The van der Waals surface area contributed by atoms with Gasteiger partial charge in [-0.1, -0.05) is 25.5 Å². The van der Waals surface area contributed by atoms with Crippen molar-refractivity contribution in [1.29, 1.82) is 0 Å². The van der Waals surface area contributed by atoms with Crippen molar-refractivity contribution in [2.75, 3.05) is 11.6 Å². The van der Waals surface area contributed by atoms with Gasteiger partial charge in [-0.05, 0) is 38.0 Å². The van der Waals surface area contributed by atoms with E-state index in [9.17, 15) is 13.2 Å². The van der Waals surface area contributed by atoms with Gasteiger partial charge in [0.15, 0.2) is 9.84 Å². The van der Waals surface area contributed by atoms with Crippen molar-refractivity contribution in [2.24, 2.45) is 0 Å². The Morgan fingerprint density at radius 2 is 1.92 bits per heavy atom. The summed E-state index contributed by atoms with van der Waals surface area (Å²) in [6.45, 7) is 6.58. The predicted molar refractivity (Wildman–Crippen MR) is 102 cm³/mol. The summed E-state index contributed by atoms with van der Waals surface area (Å²) < 4.78 is 24.8. The number of rotatable bonds is 7. The maximum absolute atomic E-state index is 12.3. The molecule has 2 amide bonds. The molecule has 1 atom stereocenters. The first-order chi connectivity index (χ1) is 12.2. The fraction of sp³-hybridized carbons (Fsp3) is 0.444. The van der Waals surface area contributed by atoms with Crippen LogP contribution in [0.15, 0.2) is 35.2 Å². The molecule has 0 aliphatic rings. The molecular formula is C18H26N4O3S. The minimum Gasteiger partial charge on any atom is -0.331 e. The zero-order valence-electron chi connectivity index (χ0n) is 15.6. The lowest BCUT2D eigenvalue weighted by atomic mass is 10.1. The van der Waals surface area contributed by atoms with Gasteiger partial charge in [-0.15, -0.1) is 0 Å². The van der Waals surface area contributed by atoms with Gasteiger partial charge < -0.3 is 5.32 Å². The standard InChI is InChI=1S/C18H26N4O3S/c1-5-6-11-22-17(12-13(2)21-22)20-18(23)19-14(3)15-7-9-16(10-8-15)26(4,24)25/h7-10,12,14H,5-6,11H2,1-4H3,(H2,19,20,23)/t14-/m1/s1. The van der Waals surface area contributed by atoms with Crippen LogP contribution in [-0.2, 0) is 16.4 Å². The number of unbranched alkanes of at least 4 members (excludes halogenated alkanes) is 1. The molecule has 142 valence electrons. The highest BCUT2D eigenvalue weighted by atomic mass is 32.2. The highest BCUT2D eigenvalue weighted by Gasteiger charge is 2.14. The number of aromatic nitrogens is 2. The van der Waals surface area contributed by atoms with Crippen LogP contribution in [0.4, 0.5) is 10.6 Å². The summed E-state index contributed by atoms with van der Waals surface area (Å²) in [5, 5.41) is 10.1. The summed E-state index contributed by atoms with van der Waals surface area (Å²) in [6, 6.07) is 7.74. The number of sulfone groups is 1. The molecule has 0 saturated heterocycles. The van der Waals surface area contributed by atoms with E-state index in [0.29, 0.717) is 5.82 Å². The van der Waals surface area contributed by atoms with Gasteiger partial charge in [-0.25, -0.2) is 17.9 Å². The number of hydrogen-bond acceptors (Lipinski definition) is 4. The average molecular weight is 378 g/mol. The number of benzene rings is 1. The minimum atomic E-state index is -3.23. The second kappa shape index (κ2) is 8.35. The van der Waals surface area contributed by atoms with Crippen molar-refractivity contribution in [3.05, 3.63) is 41.6 Å². The molecule has 1 heterocycles. The van der Waals surface area contributed by atoms with Crippen molar-refractivity contribution < 1.29 is 13.2 Å². The first kappa shape index (κ1) is 20.0. The molecule has 0 saturated carbocycles. The molecule has 1 aromatic heterocycles. The lowest BCUT2D eigenvalue weighted by Crippen LogP contribution is -2.32. The molecule has 2 aromatic rings. The normalized spacial score (nSPS) is 12.6. The van der Waals surface area contributed by atoms with E-state index in [-0.39, 0.29) is 17.0 Å². The topological polar surface area (TPSA) is 93.1 Å². The summed E-state index contributed by atoms with van der Waals surface area (Å²) in [5.74, 6) is 0.660. The van der Waals surface area contributed by atoms with Crippen LogP contribution in [0.5, 0.6) is 0 Å². The van der Waals surface area contributed by atoms with E-state index < -0.39 is 9.84 Å². The van der Waals surface area contributed by atoms with Crippen LogP contribution in [-0.4, -0.2) is 30.5 Å². The molecule has 2 N–H and O–H groups in total. The van der Waals surface area contributed by atoms with Gasteiger partial charge >= 0.3 is 6.03 Å². The molecule has 8 heteroatoms. The van der Waals surface area contributed by atoms with Gasteiger partial charge in [0.2, 0.25) is 0 Å². The summed E-state index contributed by atoms with van der Waals surface area (Å²) in [5.41, 5.74) is 1.67. The average Bonchev–Trinajstić information content (AvgIpc) is 2.91. The quantitative estimate of drug-likeness (QED) is 0.773. The van der Waals surface area contributed by atoms with Gasteiger partial charge in [0.05, 0.1) is 16.6 Å². The maximum atomic E-state index is 12.3. The van der Waals surface area contributed by atoms with Crippen molar-refractivity contribution in [2.45, 2.75) is 51.1 Å². The van der Waals surface area contributed by atoms with Crippen LogP contribution in [0.25, 0.3) is 0 Å². The smallest absolute Gasteiger partial charge is 0.320 e. The Balaban J connectivity index is 2.01. The second-order valence-electron chi connectivity index (χ2n) is 6.41. The Hall–Kier alpha value is -2.35. The highest BCUT2D eigenvalue weighted by molar-refractivity contribution is 7.90. The molecule has 2 rings (SSSR count). The van der Waals surface area contributed by atoms with Crippen molar-refractivity contribution in [1.82, 2.24) is 15.1 Å². The molecule has 0 aliphatic carbocycles. The Morgan fingerprint density at radius 3 is 2.50 bits per heavy atom. The predicted octanol–water partition coefficient (Wildman–Crippen LogP) is 3.28. The molecule has 0 unspecified atom stereocenters. The number of hydrogen-bond donors (Lipinski definition) is 2. The second-order valence-corrected chi connectivity index (χ2v) is 8.42.